The van der Waals surface area contributed by atoms with Crippen molar-refractivity contribution >= 4 is 11.6 Å². The van der Waals surface area contributed by atoms with Crippen LogP contribution in [0.1, 0.15) is 20.8 Å². The Kier molecular flexibility index (Phi) is 4.04. The van der Waals surface area contributed by atoms with Crippen molar-refractivity contribution in [1.82, 2.24) is 4.90 Å². The number of hydrogen-bond donors (Lipinski definition) is 1. The van der Waals surface area contributed by atoms with Crippen molar-refractivity contribution in [1.29, 1.82) is 0 Å². The number of carbonyl (C=O) groups is 1. The molecule has 1 fully saturated rings. The third-order valence-electron chi connectivity index (χ3n) is 3.63. The standard InChI is InChI=1S/C16H24N2O2/c1-15(2,17-13-8-6-5-7-9-13)14(19)18(4)10-16(3)11-20-12-16/h5-9,17H,10-12H2,1-4H3. The van der Waals surface area contributed by atoms with E-state index in [9.17, 15) is 4.79 Å². The van der Waals surface area contributed by atoms with E-state index in [1.54, 1.807) is 4.90 Å². The van der Waals surface area contributed by atoms with Gasteiger partial charge in [0.15, 0.2) is 0 Å². The quantitative estimate of drug-likeness (QED) is 0.897. The molecule has 0 atom stereocenters. The van der Waals surface area contributed by atoms with Crippen LogP contribution in [0.4, 0.5) is 5.69 Å². The van der Waals surface area contributed by atoms with Crippen molar-refractivity contribution in [3.63, 3.8) is 0 Å². The SMILES string of the molecule is CN(CC1(C)COC1)C(=O)C(C)(C)Nc1ccccc1. The molecule has 0 aliphatic carbocycles. The van der Waals surface area contributed by atoms with E-state index < -0.39 is 5.54 Å². The molecule has 1 aromatic carbocycles. The highest BCUT2D eigenvalue weighted by Gasteiger charge is 2.38. The third-order valence-corrected chi connectivity index (χ3v) is 3.63. The van der Waals surface area contributed by atoms with Crippen molar-refractivity contribution in [3.8, 4) is 0 Å². The summed E-state index contributed by atoms with van der Waals surface area (Å²) >= 11 is 0. The third kappa shape index (κ3) is 3.31. The normalized spacial score (nSPS) is 17.2. The monoisotopic (exact) mass is 276 g/mol. The molecule has 1 aliphatic rings. The predicted molar refractivity (Wildman–Crippen MR) is 80.7 cm³/mol. The van der Waals surface area contributed by atoms with Crippen LogP contribution in [0.2, 0.25) is 0 Å². The summed E-state index contributed by atoms with van der Waals surface area (Å²) < 4.78 is 5.25. The second-order valence-corrected chi connectivity index (χ2v) is 6.58. The fraction of sp³-hybridized carbons (Fsp3) is 0.562. The number of carbonyl (C=O) groups excluding carboxylic acids is 1. The van der Waals surface area contributed by atoms with Gasteiger partial charge in [-0.2, -0.15) is 0 Å². The van der Waals surface area contributed by atoms with E-state index in [1.807, 2.05) is 51.2 Å². The van der Waals surface area contributed by atoms with E-state index in [-0.39, 0.29) is 11.3 Å². The molecule has 1 heterocycles. The second-order valence-electron chi connectivity index (χ2n) is 6.58. The van der Waals surface area contributed by atoms with Crippen LogP contribution in [0.3, 0.4) is 0 Å². The smallest absolute Gasteiger partial charge is 0.247 e. The van der Waals surface area contributed by atoms with Crippen LogP contribution in [0.5, 0.6) is 0 Å². The minimum atomic E-state index is -0.628. The highest BCUT2D eigenvalue weighted by atomic mass is 16.5. The van der Waals surface area contributed by atoms with Crippen molar-refractivity contribution in [3.05, 3.63) is 30.3 Å². The Balaban J connectivity index is 1.99. The summed E-state index contributed by atoms with van der Waals surface area (Å²) in [5.41, 5.74) is 0.432. The molecule has 1 N–H and O–H groups in total. The maximum atomic E-state index is 12.6. The first kappa shape index (κ1) is 14.9. The van der Waals surface area contributed by atoms with Gasteiger partial charge in [0, 0.05) is 24.7 Å². The van der Waals surface area contributed by atoms with E-state index >= 15 is 0 Å². The summed E-state index contributed by atoms with van der Waals surface area (Å²) in [4.78, 5) is 14.4. The highest BCUT2D eigenvalue weighted by molar-refractivity contribution is 5.88. The molecule has 2 rings (SSSR count). The first-order valence-corrected chi connectivity index (χ1v) is 6.99. The van der Waals surface area contributed by atoms with Gasteiger partial charge in [-0.05, 0) is 26.0 Å². The molecule has 1 saturated heterocycles. The van der Waals surface area contributed by atoms with Crippen molar-refractivity contribution in [2.24, 2.45) is 5.41 Å². The van der Waals surface area contributed by atoms with Gasteiger partial charge in [-0.15, -0.1) is 0 Å². The van der Waals surface area contributed by atoms with Gasteiger partial charge in [0.1, 0.15) is 5.54 Å². The Bertz CT molecular complexity index is 467. The molecular formula is C16H24N2O2. The molecule has 0 bridgehead atoms. The number of ether oxygens (including phenoxy) is 1. The van der Waals surface area contributed by atoms with E-state index in [2.05, 4.69) is 12.2 Å². The average Bonchev–Trinajstić information content (AvgIpc) is 2.36. The molecule has 110 valence electrons. The topological polar surface area (TPSA) is 41.6 Å². The molecule has 0 aromatic heterocycles. The average molecular weight is 276 g/mol. The van der Waals surface area contributed by atoms with Crippen LogP contribution in [-0.2, 0) is 9.53 Å². The van der Waals surface area contributed by atoms with Gasteiger partial charge in [-0.25, -0.2) is 0 Å². The number of rotatable bonds is 5. The molecule has 1 aliphatic heterocycles. The summed E-state index contributed by atoms with van der Waals surface area (Å²) in [6.45, 7) is 8.18. The van der Waals surface area contributed by atoms with Crippen molar-refractivity contribution < 1.29 is 9.53 Å². The molecule has 0 radical (unpaired) electrons. The van der Waals surface area contributed by atoms with Gasteiger partial charge in [-0.1, -0.05) is 25.1 Å². The molecule has 4 nitrogen and oxygen atoms in total. The Morgan fingerprint density at radius 3 is 2.45 bits per heavy atom. The lowest BCUT2D eigenvalue weighted by molar-refractivity contribution is -0.145. The van der Waals surface area contributed by atoms with Crippen molar-refractivity contribution in [2.45, 2.75) is 26.3 Å². The van der Waals surface area contributed by atoms with E-state index in [4.69, 9.17) is 4.74 Å². The van der Waals surface area contributed by atoms with Gasteiger partial charge < -0.3 is 15.0 Å². The number of amides is 1. The van der Waals surface area contributed by atoms with Crippen LogP contribution in [0.15, 0.2) is 30.3 Å². The first-order chi connectivity index (χ1) is 9.32. The van der Waals surface area contributed by atoms with Gasteiger partial charge in [0.05, 0.1) is 13.2 Å². The minimum Gasteiger partial charge on any atom is -0.380 e. The lowest BCUT2D eigenvalue weighted by Gasteiger charge is -2.42. The number of nitrogens with one attached hydrogen (secondary N) is 1. The minimum absolute atomic E-state index is 0.0921. The van der Waals surface area contributed by atoms with E-state index in [0.717, 1.165) is 25.4 Å². The number of benzene rings is 1. The first-order valence-electron chi connectivity index (χ1n) is 6.99. The molecule has 1 aromatic rings. The Morgan fingerprint density at radius 2 is 1.95 bits per heavy atom. The summed E-state index contributed by atoms with van der Waals surface area (Å²) in [5.74, 6) is 0.0921. The molecule has 0 spiro atoms. The van der Waals surface area contributed by atoms with Gasteiger partial charge in [-0.3, -0.25) is 4.79 Å². The zero-order valence-electron chi connectivity index (χ0n) is 12.8. The maximum Gasteiger partial charge on any atom is 0.247 e. The molecular weight excluding hydrogens is 252 g/mol. The predicted octanol–water partition coefficient (Wildman–Crippen LogP) is 2.37. The van der Waals surface area contributed by atoms with Crippen LogP contribution < -0.4 is 5.32 Å². The van der Waals surface area contributed by atoms with Crippen LogP contribution in [0.25, 0.3) is 0 Å². The maximum absolute atomic E-state index is 12.6. The number of nitrogens with zero attached hydrogens (tertiary/aromatic N) is 1. The number of para-hydroxylation sites is 1. The van der Waals surface area contributed by atoms with Gasteiger partial charge >= 0.3 is 0 Å². The summed E-state index contributed by atoms with van der Waals surface area (Å²) in [7, 11) is 1.86. The van der Waals surface area contributed by atoms with Crippen LogP contribution in [-0.4, -0.2) is 43.2 Å². The van der Waals surface area contributed by atoms with E-state index in [1.165, 1.54) is 0 Å². The second kappa shape index (κ2) is 5.44. The Morgan fingerprint density at radius 1 is 1.35 bits per heavy atom. The summed E-state index contributed by atoms with van der Waals surface area (Å²) in [5, 5.41) is 3.30. The summed E-state index contributed by atoms with van der Waals surface area (Å²) in [6, 6.07) is 9.81. The van der Waals surface area contributed by atoms with Gasteiger partial charge in [0.2, 0.25) is 5.91 Å². The van der Waals surface area contributed by atoms with E-state index in [0.29, 0.717) is 0 Å². The largest absolute Gasteiger partial charge is 0.380 e. The summed E-state index contributed by atoms with van der Waals surface area (Å²) in [6.07, 6.45) is 0. The Hall–Kier alpha value is -1.55. The lowest BCUT2D eigenvalue weighted by Crippen LogP contribution is -2.54. The number of hydrogen-bond acceptors (Lipinski definition) is 3. The molecule has 1 amide bonds. The zero-order chi connectivity index (χ0) is 14.8. The highest BCUT2D eigenvalue weighted by Crippen LogP contribution is 2.28. The molecule has 4 heteroatoms. The molecule has 20 heavy (non-hydrogen) atoms. The molecule has 0 unspecified atom stereocenters. The number of likely N-dealkylation sites (N-methyl/N-ethyl adjacent to an activating group) is 1. The zero-order valence-corrected chi connectivity index (χ0v) is 12.8. The molecule has 0 saturated carbocycles. The number of anilines is 1. The van der Waals surface area contributed by atoms with Crippen LogP contribution in [0, 0.1) is 5.41 Å². The fourth-order valence-electron chi connectivity index (χ4n) is 2.60. The lowest BCUT2D eigenvalue weighted by atomic mass is 9.87. The fourth-order valence-corrected chi connectivity index (χ4v) is 2.60. The van der Waals surface area contributed by atoms with Crippen molar-refractivity contribution in [2.75, 3.05) is 32.1 Å². The van der Waals surface area contributed by atoms with Gasteiger partial charge in [0.25, 0.3) is 0 Å². The van der Waals surface area contributed by atoms with Crippen LogP contribution >= 0.6 is 0 Å². The Labute approximate surface area is 121 Å².